The van der Waals surface area contributed by atoms with Gasteiger partial charge in [-0.3, -0.25) is 0 Å². The SMILES string of the molecule is CC1(C)c2ccccc2-c2ccc(-c3cc(-c4ccccc4)c4ccc5oc6c7ccccc7ccc6c5c4n3)cc21. The van der Waals surface area contributed by atoms with Gasteiger partial charge in [-0.2, -0.15) is 0 Å². The van der Waals surface area contributed by atoms with E-state index in [2.05, 4.69) is 141 Å². The van der Waals surface area contributed by atoms with E-state index in [0.29, 0.717) is 0 Å². The molecule has 0 aliphatic heterocycles. The molecular weight excluding hydrogens is 510 g/mol. The fourth-order valence-electron chi connectivity index (χ4n) is 7.15. The molecule has 0 radical (unpaired) electrons. The topological polar surface area (TPSA) is 26.0 Å². The summed E-state index contributed by atoms with van der Waals surface area (Å²) in [6.07, 6.45) is 0. The van der Waals surface area contributed by atoms with E-state index in [1.165, 1.54) is 38.8 Å². The maximum atomic E-state index is 6.55. The smallest absolute Gasteiger partial charge is 0.143 e. The van der Waals surface area contributed by atoms with Crippen molar-refractivity contribution in [3.05, 3.63) is 139 Å². The van der Waals surface area contributed by atoms with Gasteiger partial charge in [0, 0.05) is 27.1 Å². The van der Waals surface area contributed by atoms with E-state index in [1.807, 2.05) is 0 Å². The molecule has 9 rings (SSSR count). The number of furan rings is 1. The molecule has 1 aliphatic carbocycles. The molecule has 42 heavy (non-hydrogen) atoms. The van der Waals surface area contributed by atoms with Gasteiger partial charge in [-0.15, -0.1) is 0 Å². The average Bonchev–Trinajstić information content (AvgIpc) is 3.54. The van der Waals surface area contributed by atoms with Crippen molar-refractivity contribution in [2.24, 2.45) is 0 Å². The molecule has 0 saturated carbocycles. The third kappa shape index (κ3) is 3.18. The van der Waals surface area contributed by atoms with Gasteiger partial charge in [0.25, 0.3) is 0 Å². The van der Waals surface area contributed by atoms with E-state index in [9.17, 15) is 0 Å². The van der Waals surface area contributed by atoms with Crippen LogP contribution in [-0.4, -0.2) is 4.98 Å². The van der Waals surface area contributed by atoms with Crippen LogP contribution in [0.2, 0.25) is 0 Å². The van der Waals surface area contributed by atoms with Crippen molar-refractivity contribution in [2.75, 3.05) is 0 Å². The summed E-state index contributed by atoms with van der Waals surface area (Å²) >= 11 is 0. The summed E-state index contributed by atoms with van der Waals surface area (Å²) < 4.78 is 6.55. The molecule has 0 atom stereocenters. The summed E-state index contributed by atoms with van der Waals surface area (Å²) in [4.78, 5) is 5.42. The normalized spacial score (nSPS) is 13.7. The Hall–Kier alpha value is -5.21. The number of rotatable bonds is 2. The van der Waals surface area contributed by atoms with Gasteiger partial charge in [-0.05, 0) is 69.1 Å². The van der Waals surface area contributed by atoms with Crippen molar-refractivity contribution >= 4 is 43.6 Å². The first-order valence-electron chi connectivity index (χ1n) is 14.6. The van der Waals surface area contributed by atoms with Crippen LogP contribution in [-0.2, 0) is 5.41 Å². The zero-order valence-corrected chi connectivity index (χ0v) is 23.5. The van der Waals surface area contributed by atoms with E-state index in [4.69, 9.17) is 9.40 Å². The summed E-state index contributed by atoms with van der Waals surface area (Å²) in [5.41, 5.74) is 12.5. The van der Waals surface area contributed by atoms with Crippen LogP contribution in [0.25, 0.3) is 77.1 Å². The highest BCUT2D eigenvalue weighted by Gasteiger charge is 2.35. The van der Waals surface area contributed by atoms with Gasteiger partial charge in [-0.1, -0.05) is 111 Å². The molecule has 0 bridgehead atoms. The molecule has 2 nitrogen and oxygen atoms in total. The van der Waals surface area contributed by atoms with Crippen molar-refractivity contribution in [3.8, 4) is 33.5 Å². The highest BCUT2D eigenvalue weighted by molar-refractivity contribution is 6.23. The van der Waals surface area contributed by atoms with Crippen LogP contribution in [0.1, 0.15) is 25.0 Å². The number of hydrogen-bond donors (Lipinski definition) is 0. The number of hydrogen-bond acceptors (Lipinski definition) is 2. The van der Waals surface area contributed by atoms with Gasteiger partial charge in [0.2, 0.25) is 0 Å². The third-order valence-electron chi connectivity index (χ3n) is 9.27. The molecule has 0 unspecified atom stereocenters. The second-order valence-corrected chi connectivity index (χ2v) is 12.0. The van der Waals surface area contributed by atoms with E-state index in [-0.39, 0.29) is 5.41 Å². The van der Waals surface area contributed by atoms with Crippen LogP contribution < -0.4 is 0 Å². The maximum absolute atomic E-state index is 6.55. The number of nitrogens with zero attached hydrogens (tertiary/aromatic N) is 1. The Bertz CT molecular complexity index is 2380. The van der Waals surface area contributed by atoms with Gasteiger partial charge in [-0.25, -0.2) is 4.98 Å². The summed E-state index contributed by atoms with van der Waals surface area (Å²) in [6, 6.07) is 45.7. The fraction of sp³-hybridized carbons (Fsp3) is 0.0750. The Labute approximate surface area is 243 Å². The number of pyridine rings is 1. The molecule has 0 fully saturated rings. The minimum absolute atomic E-state index is 0.0733. The predicted octanol–water partition coefficient (Wildman–Crippen LogP) is 10.9. The number of aromatic nitrogens is 1. The Morgan fingerprint density at radius 2 is 1.31 bits per heavy atom. The van der Waals surface area contributed by atoms with Crippen molar-refractivity contribution in [1.82, 2.24) is 4.98 Å². The molecule has 1 aliphatic rings. The number of benzene rings is 6. The molecule has 0 amide bonds. The zero-order valence-electron chi connectivity index (χ0n) is 23.5. The first-order valence-corrected chi connectivity index (χ1v) is 14.6. The highest BCUT2D eigenvalue weighted by Crippen LogP contribution is 2.50. The minimum Gasteiger partial charge on any atom is -0.455 e. The fourth-order valence-corrected chi connectivity index (χ4v) is 7.15. The van der Waals surface area contributed by atoms with E-state index < -0.39 is 0 Å². The van der Waals surface area contributed by atoms with Gasteiger partial charge < -0.3 is 4.42 Å². The number of fused-ring (bicyclic) bond motifs is 10. The van der Waals surface area contributed by atoms with Gasteiger partial charge >= 0.3 is 0 Å². The summed E-state index contributed by atoms with van der Waals surface area (Å²) in [5.74, 6) is 0. The summed E-state index contributed by atoms with van der Waals surface area (Å²) in [6.45, 7) is 4.66. The first-order chi connectivity index (χ1) is 20.6. The Kier molecular flexibility index (Phi) is 4.70. The molecule has 2 aromatic heterocycles. The van der Waals surface area contributed by atoms with E-state index in [1.54, 1.807) is 0 Å². The Morgan fingerprint density at radius 3 is 2.21 bits per heavy atom. The second-order valence-electron chi connectivity index (χ2n) is 12.0. The van der Waals surface area contributed by atoms with Crippen LogP contribution in [0, 0.1) is 0 Å². The van der Waals surface area contributed by atoms with Gasteiger partial charge in [0.1, 0.15) is 11.2 Å². The predicted molar refractivity (Wildman–Crippen MR) is 175 cm³/mol. The van der Waals surface area contributed by atoms with Crippen LogP contribution in [0.15, 0.2) is 132 Å². The second kappa shape index (κ2) is 8.41. The molecule has 0 saturated heterocycles. The van der Waals surface area contributed by atoms with Gasteiger partial charge in [0.15, 0.2) is 0 Å². The monoisotopic (exact) mass is 537 g/mol. The first kappa shape index (κ1) is 23.5. The molecule has 6 aromatic carbocycles. The lowest BCUT2D eigenvalue weighted by atomic mass is 9.82. The molecule has 2 heteroatoms. The minimum atomic E-state index is -0.0733. The molecule has 0 N–H and O–H groups in total. The van der Waals surface area contributed by atoms with Crippen LogP contribution in [0.3, 0.4) is 0 Å². The summed E-state index contributed by atoms with van der Waals surface area (Å²) in [7, 11) is 0. The molecule has 198 valence electrons. The van der Waals surface area contributed by atoms with Crippen LogP contribution >= 0.6 is 0 Å². The Balaban J connectivity index is 1.36. The van der Waals surface area contributed by atoms with Crippen molar-refractivity contribution < 1.29 is 4.42 Å². The molecular formula is C40H27NO. The van der Waals surface area contributed by atoms with E-state index in [0.717, 1.165) is 49.5 Å². The average molecular weight is 538 g/mol. The highest BCUT2D eigenvalue weighted by atomic mass is 16.3. The molecule has 8 aromatic rings. The van der Waals surface area contributed by atoms with Gasteiger partial charge in [0.05, 0.1) is 16.6 Å². The maximum Gasteiger partial charge on any atom is 0.143 e. The van der Waals surface area contributed by atoms with Crippen molar-refractivity contribution in [2.45, 2.75) is 19.3 Å². The lowest BCUT2D eigenvalue weighted by molar-refractivity contribution is 0.660. The van der Waals surface area contributed by atoms with Crippen molar-refractivity contribution in [1.29, 1.82) is 0 Å². The molecule has 0 spiro atoms. The zero-order chi connectivity index (χ0) is 28.0. The van der Waals surface area contributed by atoms with Crippen LogP contribution in [0.5, 0.6) is 0 Å². The largest absolute Gasteiger partial charge is 0.455 e. The Morgan fingerprint density at radius 1 is 0.548 bits per heavy atom. The van der Waals surface area contributed by atoms with E-state index >= 15 is 0 Å². The van der Waals surface area contributed by atoms with Crippen molar-refractivity contribution in [3.63, 3.8) is 0 Å². The summed E-state index contributed by atoms with van der Waals surface area (Å²) in [5, 5.41) is 5.60. The van der Waals surface area contributed by atoms with Crippen LogP contribution in [0.4, 0.5) is 0 Å². The lowest BCUT2D eigenvalue weighted by Gasteiger charge is -2.22. The lowest BCUT2D eigenvalue weighted by Crippen LogP contribution is -2.14. The molecule has 2 heterocycles. The standard InChI is InChI=1S/C40H27NO/c1-40(2)33-15-9-8-14-28(33)29-18-17-26(22-34(29)40)35-23-32(24-10-4-3-5-11-24)30-20-21-36-37(38(30)41-35)31-19-16-25-12-6-7-13-27(25)39(31)42-36/h3-23H,1-2H3. The third-order valence-corrected chi connectivity index (χ3v) is 9.27. The quantitative estimate of drug-likeness (QED) is 0.219.